The van der Waals surface area contributed by atoms with E-state index in [-0.39, 0.29) is 16.9 Å². The van der Waals surface area contributed by atoms with Gasteiger partial charge in [-0.25, -0.2) is 9.07 Å². The molecule has 9 nitrogen and oxygen atoms in total. The highest BCUT2D eigenvalue weighted by Crippen LogP contribution is 2.21. The molecule has 0 spiro atoms. The van der Waals surface area contributed by atoms with Gasteiger partial charge in [0.1, 0.15) is 18.4 Å². The minimum Gasteiger partial charge on any atom is -0.323 e. The lowest BCUT2D eigenvalue weighted by Crippen LogP contribution is -2.29. The number of carbonyl (C=O) groups excluding carboxylic acids is 1. The fourth-order valence-corrected chi connectivity index (χ4v) is 2.51. The molecular weight excluding hydrogens is 381 g/mol. The van der Waals surface area contributed by atoms with Gasteiger partial charge < -0.3 is 5.32 Å². The Morgan fingerprint density at radius 3 is 2.59 bits per heavy atom. The van der Waals surface area contributed by atoms with Crippen molar-refractivity contribution in [1.82, 2.24) is 9.78 Å². The van der Waals surface area contributed by atoms with Crippen LogP contribution < -0.4 is 10.9 Å². The van der Waals surface area contributed by atoms with E-state index < -0.39 is 28.8 Å². The van der Waals surface area contributed by atoms with Gasteiger partial charge in [0.05, 0.1) is 21.9 Å². The largest absolute Gasteiger partial charge is 0.323 e. The Bertz CT molecular complexity index is 1200. The summed E-state index contributed by atoms with van der Waals surface area (Å²) in [5, 5.41) is 26.5. The van der Waals surface area contributed by atoms with Gasteiger partial charge in [0.25, 0.3) is 11.2 Å². The first-order valence-corrected chi connectivity index (χ1v) is 8.20. The van der Waals surface area contributed by atoms with Gasteiger partial charge in [0.15, 0.2) is 0 Å². The van der Waals surface area contributed by atoms with E-state index in [0.717, 1.165) is 16.8 Å². The molecule has 0 fully saturated rings. The van der Waals surface area contributed by atoms with Gasteiger partial charge in [-0.3, -0.25) is 19.7 Å². The van der Waals surface area contributed by atoms with Crippen molar-refractivity contribution >= 4 is 17.3 Å². The Labute approximate surface area is 162 Å². The van der Waals surface area contributed by atoms with Crippen molar-refractivity contribution in [2.45, 2.75) is 6.54 Å². The molecule has 3 rings (SSSR count). The van der Waals surface area contributed by atoms with Crippen LogP contribution in [0, 0.1) is 27.3 Å². The number of benzene rings is 2. The average molecular weight is 393 g/mol. The Morgan fingerprint density at radius 2 is 1.93 bits per heavy atom. The molecule has 1 N–H and O–H groups in total. The van der Waals surface area contributed by atoms with Gasteiger partial charge in [-0.2, -0.15) is 10.4 Å². The average Bonchev–Trinajstić information content (AvgIpc) is 2.70. The van der Waals surface area contributed by atoms with Crippen molar-refractivity contribution in [3.05, 3.63) is 86.4 Å². The van der Waals surface area contributed by atoms with Gasteiger partial charge in [0, 0.05) is 23.8 Å². The number of nitrogens with one attached hydrogen (secondary N) is 1. The number of amides is 1. The Morgan fingerprint density at radius 1 is 1.21 bits per heavy atom. The van der Waals surface area contributed by atoms with E-state index in [2.05, 4.69) is 10.4 Å². The third kappa shape index (κ3) is 4.48. The van der Waals surface area contributed by atoms with Crippen molar-refractivity contribution in [1.29, 1.82) is 5.26 Å². The lowest BCUT2D eigenvalue weighted by Gasteiger charge is -2.09. The maximum absolute atomic E-state index is 13.1. The lowest BCUT2D eigenvalue weighted by molar-refractivity contribution is -0.384. The van der Waals surface area contributed by atoms with Crippen molar-refractivity contribution in [2.75, 3.05) is 5.32 Å². The van der Waals surface area contributed by atoms with Crippen LogP contribution in [0.5, 0.6) is 0 Å². The molecule has 1 aromatic heterocycles. The molecule has 10 heteroatoms. The highest BCUT2D eigenvalue weighted by Gasteiger charge is 2.14. The molecule has 1 amide bonds. The second-order valence-corrected chi connectivity index (χ2v) is 5.87. The van der Waals surface area contributed by atoms with Crippen LogP contribution in [0.3, 0.4) is 0 Å². The van der Waals surface area contributed by atoms with Crippen molar-refractivity contribution < 1.29 is 14.1 Å². The summed E-state index contributed by atoms with van der Waals surface area (Å²) in [6.45, 7) is -0.449. The topological polar surface area (TPSA) is 131 Å². The summed E-state index contributed by atoms with van der Waals surface area (Å²) in [4.78, 5) is 34.5. The molecule has 0 radical (unpaired) electrons. The predicted octanol–water partition coefficient (Wildman–Crippen LogP) is 2.47. The summed E-state index contributed by atoms with van der Waals surface area (Å²) in [6.07, 6.45) is 0. The normalized spacial score (nSPS) is 10.2. The number of carbonyl (C=O) groups is 1. The molecule has 0 saturated heterocycles. The molecular formula is C19H12FN5O4. The van der Waals surface area contributed by atoms with Gasteiger partial charge in [0.2, 0.25) is 5.91 Å². The van der Waals surface area contributed by atoms with Crippen LogP contribution in [0.15, 0.2) is 59.4 Å². The van der Waals surface area contributed by atoms with E-state index in [1.165, 1.54) is 42.5 Å². The molecule has 0 aliphatic heterocycles. The Kier molecular flexibility index (Phi) is 5.41. The Hall–Kier alpha value is -4.39. The summed E-state index contributed by atoms with van der Waals surface area (Å²) in [7, 11) is 0. The maximum Gasteiger partial charge on any atom is 0.270 e. The maximum atomic E-state index is 13.1. The van der Waals surface area contributed by atoms with E-state index in [1.807, 2.05) is 0 Å². The standard InChI is InChI=1S/C19H12FN5O4/c20-14-3-1-12(2-4-14)17-7-8-19(27)24(23-17)11-18(26)22-16-6-5-15(25(28)29)9-13(16)10-21/h1-9H,11H2,(H,22,26). The Balaban J connectivity index is 1.82. The number of hydrogen-bond donors (Lipinski definition) is 1. The molecule has 0 bridgehead atoms. The van der Waals surface area contributed by atoms with Gasteiger partial charge in [-0.1, -0.05) is 0 Å². The first-order valence-electron chi connectivity index (χ1n) is 8.20. The number of hydrogen-bond acceptors (Lipinski definition) is 6. The number of nitriles is 1. The van der Waals surface area contributed by atoms with Gasteiger partial charge in [-0.05, 0) is 36.4 Å². The second-order valence-electron chi connectivity index (χ2n) is 5.87. The molecule has 0 atom stereocenters. The van der Waals surface area contributed by atoms with E-state index in [4.69, 9.17) is 5.26 Å². The highest BCUT2D eigenvalue weighted by molar-refractivity contribution is 5.92. The smallest absolute Gasteiger partial charge is 0.270 e. The molecule has 29 heavy (non-hydrogen) atoms. The number of anilines is 1. The fourth-order valence-electron chi connectivity index (χ4n) is 2.51. The number of nitrogens with zero attached hydrogens (tertiary/aromatic N) is 4. The number of non-ortho nitro benzene ring substituents is 1. The van der Waals surface area contributed by atoms with Crippen LogP contribution in [0.2, 0.25) is 0 Å². The van der Waals surface area contributed by atoms with Crippen LogP contribution in [-0.4, -0.2) is 20.6 Å². The molecule has 0 unspecified atom stereocenters. The molecule has 0 aliphatic carbocycles. The highest BCUT2D eigenvalue weighted by atomic mass is 19.1. The summed E-state index contributed by atoms with van der Waals surface area (Å²) in [5.41, 5.74) is 0.0894. The molecule has 3 aromatic rings. The summed E-state index contributed by atoms with van der Waals surface area (Å²) >= 11 is 0. The molecule has 0 aliphatic rings. The number of nitro groups is 1. The lowest BCUT2D eigenvalue weighted by atomic mass is 10.1. The van der Waals surface area contributed by atoms with E-state index in [0.29, 0.717) is 11.3 Å². The van der Waals surface area contributed by atoms with Crippen molar-refractivity contribution in [2.24, 2.45) is 0 Å². The summed E-state index contributed by atoms with van der Waals surface area (Å²) < 4.78 is 14.0. The fraction of sp³-hybridized carbons (Fsp3) is 0.0526. The number of halogens is 1. The van der Waals surface area contributed by atoms with Crippen LogP contribution in [0.25, 0.3) is 11.3 Å². The zero-order valence-electron chi connectivity index (χ0n) is 14.7. The third-order valence-electron chi connectivity index (χ3n) is 3.91. The minimum atomic E-state index is -0.656. The number of rotatable bonds is 5. The van der Waals surface area contributed by atoms with Crippen molar-refractivity contribution in [3.63, 3.8) is 0 Å². The van der Waals surface area contributed by atoms with E-state index in [9.17, 15) is 24.1 Å². The number of aromatic nitrogens is 2. The van der Waals surface area contributed by atoms with E-state index in [1.54, 1.807) is 6.07 Å². The number of nitro benzene ring substituents is 1. The van der Waals surface area contributed by atoms with Gasteiger partial charge >= 0.3 is 0 Å². The zero-order chi connectivity index (χ0) is 21.0. The van der Waals surface area contributed by atoms with Crippen LogP contribution >= 0.6 is 0 Å². The third-order valence-corrected chi connectivity index (χ3v) is 3.91. The molecule has 0 saturated carbocycles. The van der Waals surface area contributed by atoms with E-state index >= 15 is 0 Å². The predicted molar refractivity (Wildman–Crippen MR) is 100 cm³/mol. The van der Waals surface area contributed by atoms with Crippen LogP contribution in [-0.2, 0) is 11.3 Å². The first kappa shape index (κ1) is 19.4. The molecule has 2 aromatic carbocycles. The SMILES string of the molecule is N#Cc1cc([N+](=O)[O-])ccc1NC(=O)Cn1nc(-c2ccc(F)cc2)ccc1=O. The quantitative estimate of drug-likeness (QED) is 0.523. The first-order chi connectivity index (χ1) is 13.9. The second kappa shape index (κ2) is 8.10. The summed E-state index contributed by atoms with van der Waals surface area (Å²) in [6, 6.07) is 13.3. The molecule has 1 heterocycles. The van der Waals surface area contributed by atoms with Crippen molar-refractivity contribution in [3.8, 4) is 17.3 Å². The minimum absolute atomic E-state index is 0.0749. The van der Waals surface area contributed by atoms with Crippen LogP contribution in [0.1, 0.15) is 5.56 Å². The zero-order valence-corrected chi connectivity index (χ0v) is 14.7. The van der Waals surface area contributed by atoms with Gasteiger partial charge in [-0.15, -0.1) is 0 Å². The molecule has 144 valence electrons. The van der Waals surface area contributed by atoms with Crippen LogP contribution in [0.4, 0.5) is 15.8 Å². The monoisotopic (exact) mass is 393 g/mol. The summed E-state index contributed by atoms with van der Waals surface area (Å²) in [5.74, 6) is -1.07.